The Morgan fingerprint density at radius 2 is 1.79 bits per heavy atom. The number of amides is 2. The molecule has 1 saturated carbocycles. The monoisotopic (exact) mass is 912 g/mol. The van der Waals surface area contributed by atoms with Crippen LogP contribution in [0.25, 0.3) is 44.7 Å². The molecule has 8 heterocycles. The number of alkyl halides is 1. The van der Waals surface area contributed by atoms with E-state index in [0.717, 1.165) is 51.4 Å². The number of carbonyl (C=O) groups is 2. The van der Waals surface area contributed by atoms with Crippen molar-refractivity contribution in [3.8, 4) is 39.5 Å². The summed E-state index contributed by atoms with van der Waals surface area (Å²) < 4.78 is 32.9. The zero-order chi connectivity index (χ0) is 39.4. The number of hydrogen-bond acceptors (Lipinski definition) is 8. The second-order valence-corrected chi connectivity index (χ2v) is 20.6. The molecule has 15 heteroatoms. The van der Waals surface area contributed by atoms with Crippen molar-refractivity contribution < 1.29 is 23.5 Å². The molecule has 4 aliphatic heterocycles. The van der Waals surface area contributed by atoms with E-state index in [9.17, 15) is 9.59 Å². The Bertz CT molecular complexity index is 2680. The number of thiophene rings is 1. The summed E-state index contributed by atoms with van der Waals surface area (Å²) in [6.45, 7) is 4.32. The number of alkyl carbamates (subject to hydrolysis) is 1. The number of hydrogen-bond donors (Lipinski definition) is 4. The van der Waals surface area contributed by atoms with Crippen molar-refractivity contribution in [2.45, 2.75) is 80.3 Å². The maximum Gasteiger partial charge on any atom is 0.407 e. The van der Waals surface area contributed by atoms with Crippen LogP contribution in [0.5, 0.6) is 5.75 Å². The first kappa shape index (κ1) is 36.2. The molecule has 298 valence electrons. The lowest BCUT2D eigenvalue weighted by atomic mass is 10.0. The van der Waals surface area contributed by atoms with Crippen LogP contribution < -0.4 is 15.4 Å². The number of carbonyl (C=O) groups excluding carboxylic acids is 2. The van der Waals surface area contributed by atoms with Crippen molar-refractivity contribution in [2.24, 2.45) is 5.92 Å². The third-order valence-electron chi connectivity index (χ3n) is 12.1. The standard InChI is InChI=1S/C43H42FIN8O4S/c1-20(2)37(51-43(55)56-3)41(54)52-12-4-5-31(52)40-47-19-29(50-40)23-14-25(44)36-32-15-24-13-22(28-18-46-39(49-28)27-17-26-38(45-26)48-27)8-9-30(24)53(32)42(57-33(36)16-23)35-11-10-34(58-35)21-6-7-21/h8-11,13-16,18-21,27,31,37-38,42,48H,4-7,12,17H2,1-3H3,(H,46,49)(H,47,50)(H,51,55)/t27-,31-,37-,38-,42?/m0/s1. The number of benzene rings is 2. The first-order chi connectivity index (χ1) is 28.2. The molecule has 4 N–H and O–H groups in total. The van der Waals surface area contributed by atoms with E-state index in [1.165, 1.54) is 30.9 Å². The van der Waals surface area contributed by atoms with Crippen LogP contribution in [-0.2, 0) is 9.53 Å². The third kappa shape index (κ3) is 6.19. The number of methoxy groups -OCH3 is 1. The molecule has 0 bridgehead atoms. The molecule has 4 aromatic heterocycles. The summed E-state index contributed by atoms with van der Waals surface area (Å²) in [7, 11) is 1.28. The van der Waals surface area contributed by atoms with E-state index in [4.69, 9.17) is 19.4 Å². The average Bonchev–Trinajstić information content (AvgIpc) is 3.72. The van der Waals surface area contributed by atoms with Gasteiger partial charge in [0.05, 0.1) is 68.7 Å². The lowest BCUT2D eigenvalue weighted by molar-refractivity contribution is -0.135. The van der Waals surface area contributed by atoms with Crippen molar-refractivity contribution in [3.63, 3.8) is 0 Å². The van der Waals surface area contributed by atoms with Gasteiger partial charge in [-0.15, -0.1) is 11.3 Å². The molecular weight excluding hydrogens is 870 g/mol. The molecule has 58 heavy (non-hydrogen) atoms. The first-order valence-corrected chi connectivity index (χ1v) is 23.1. The normalized spacial score (nSPS) is 22.5. The van der Waals surface area contributed by atoms with Gasteiger partial charge in [0.25, 0.3) is 0 Å². The van der Waals surface area contributed by atoms with Crippen LogP contribution in [0.4, 0.5) is 9.18 Å². The number of rotatable bonds is 9. The smallest absolute Gasteiger partial charge is 0.407 e. The van der Waals surface area contributed by atoms with Gasteiger partial charge in [-0.05, 0) is 89.9 Å². The number of aromatic nitrogens is 5. The van der Waals surface area contributed by atoms with Gasteiger partial charge in [-0.2, -0.15) is 0 Å². The fourth-order valence-corrected chi connectivity index (χ4v) is 12.4. The number of H-pyrrole nitrogens is 2. The van der Waals surface area contributed by atoms with Gasteiger partial charge in [-0.1, -0.05) is 40.6 Å². The van der Waals surface area contributed by atoms with Gasteiger partial charge in [-0.3, -0.25) is 14.7 Å². The highest BCUT2D eigenvalue weighted by molar-refractivity contribution is 14.2. The van der Waals surface area contributed by atoms with Gasteiger partial charge in [0, 0.05) is 27.9 Å². The van der Waals surface area contributed by atoms with Gasteiger partial charge >= 0.3 is 6.09 Å². The third-order valence-corrected chi connectivity index (χ3v) is 16.3. The Balaban J connectivity index is 0.936. The Hall–Kier alpha value is -4.87. The zero-order valence-corrected chi connectivity index (χ0v) is 35.1. The van der Waals surface area contributed by atoms with E-state index in [0.29, 0.717) is 51.3 Å². The predicted octanol–water partition coefficient (Wildman–Crippen LogP) is 8.67. The highest BCUT2D eigenvalue weighted by Crippen LogP contribution is 2.50. The summed E-state index contributed by atoms with van der Waals surface area (Å²) in [6.07, 6.45) is 7.48. The van der Waals surface area contributed by atoms with Crippen LogP contribution in [0, 0.1) is 11.7 Å². The fourth-order valence-electron chi connectivity index (χ4n) is 8.86. The summed E-state index contributed by atoms with van der Waals surface area (Å²) in [5.41, 5.74) is 5.34. The van der Waals surface area contributed by atoms with Gasteiger partial charge in [0.1, 0.15) is 29.3 Å². The quantitative estimate of drug-likeness (QED) is 0.0647. The van der Waals surface area contributed by atoms with Gasteiger partial charge in [-0.25, -0.2) is 19.2 Å². The minimum absolute atomic E-state index is 0.147. The summed E-state index contributed by atoms with van der Waals surface area (Å²) >= 11 is 2.02. The lowest BCUT2D eigenvalue weighted by Crippen LogP contribution is -2.51. The number of halogens is 2. The van der Waals surface area contributed by atoms with Crippen molar-refractivity contribution in [1.29, 1.82) is 0 Å². The van der Waals surface area contributed by atoms with Crippen molar-refractivity contribution in [2.75, 3.05) is 13.7 Å². The number of fused-ring (bicyclic) bond motifs is 6. The predicted molar refractivity (Wildman–Crippen MR) is 229 cm³/mol. The minimum Gasteiger partial charge on any atom is -0.464 e. The molecule has 12 nitrogen and oxygen atoms in total. The van der Waals surface area contributed by atoms with E-state index < -0.39 is 24.2 Å². The summed E-state index contributed by atoms with van der Waals surface area (Å²) in [6, 6.07) is 15.5. The van der Waals surface area contributed by atoms with Crippen LogP contribution >= 0.6 is 32.1 Å². The molecule has 5 aliphatic rings. The van der Waals surface area contributed by atoms with E-state index in [1.807, 2.05) is 26.1 Å². The van der Waals surface area contributed by atoms with Crippen LogP contribution in [0.1, 0.15) is 91.6 Å². The lowest BCUT2D eigenvalue weighted by Gasteiger charge is -2.30. The van der Waals surface area contributed by atoms with Crippen LogP contribution in [0.3, 0.4) is 0 Å². The molecule has 3 fully saturated rings. The van der Waals surface area contributed by atoms with Crippen molar-refractivity contribution in [1.82, 2.24) is 40.0 Å². The van der Waals surface area contributed by atoms with E-state index in [2.05, 4.69) is 61.6 Å². The van der Waals surface area contributed by atoms with E-state index >= 15 is 4.39 Å². The Labute approximate surface area is 347 Å². The number of aromatic amines is 2. The number of nitrogens with zero attached hydrogens (tertiary/aromatic N) is 4. The molecule has 2 amide bonds. The molecule has 2 saturated heterocycles. The van der Waals surface area contributed by atoms with Gasteiger partial charge < -0.3 is 29.7 Å². The average molecular weight is 913 g/mol. The highest BCUT2D eigenvalue weighted by Gasteiger charge is 2.40. The Morgan fingerprint density at radius 3 is 2.57 bits per heavy atom. The minimum atomic E-state index is -0.740. The molecule has 11 rings (SSSR count). The maximum atomic E-state index is 16.7. The molecular formula is C43H42FIN8O4S. The maximum absolute atomic E-state index is 16.7. The number of nitrogens with one attached hydrogen (secondary N) is 4. The molecule has 0 radical (unpaired) electrons. The molecule has 1 aliphatic carbocycles. The highest BCUT2D eigenvalue weighted by atomic mass is 127. The molecule has 1 unspecified atom stereocenters. The number of likely N-dealkylation sites (tertiary alicyclic amines) is 1. The second-order valence-electron chi connectivity index (χ2n) is 16.2. The number of imidazole rings is 2. The summed E-state index contributed by atoms with van der Waals surface area (Å²) in [5, 5.41) is 7.39. The fraction of sp³-hybridized carbons (Fsp3) is 0.372. The summed E-state index contributed by atoms with van der Waals surface area (Å²) in [5.74, 6) is 1.92. The van der Waals surface area contributed by atoms with Crippen molar-refractivity contribution >= 4 is 58.5 Å². The number of ether oxygens (including phenoxy) is 2. The van der Waals surface area contributed by atoms with Gasteiger partial charge in [0.15, 0.2) is 0 Å². The molecule has 5 atom stereocenters. The second kappa shape index (κ2) is 13.9. The molecule has 2 aromatic carbocycles. The largest absolute Gasteiger partial charge is 0.464 e. The molecule has 0 spiro atoms. The van der Waals surface area contributed by atoms with Gasteiger partial charge in [0.2, 0.25) is 12.1 Å². The SMILES string of the molecule is COC(=O)N[C@H](C(=O)N1CCC[C@H]1c1ncc(-c2cc(F)c3c(c2)OC(c2ccc(C4CC4)s2)n2c-3cc3cc(-c4cnc([C@@H]5CC6=I[C@H]6N5)[nH]4)ccc32)[nH]1)C(C)C. The zero-order valence-electron chi connectivity index (χ0n) is 32.1. The Kier molecular flexibility index (Phi) is 8.66. The Morgan fingerprint density at radius 1 is 1.00 bits per heavy atom. The van der Waals surface area contributed by atoms with E-state index in [-0.39, 0.29) is 44.6 Å². The van der Waals surface area contributed by atoms with Crippen molar-refractivity contribution in [3.05, 3.63) is 88.1 Å². The van der Waals surface area contributed by atoms with Crippen LogP contribution in [0.2, 0.25) is 0 Å². The van der Waals surface area contributed by atoms with E-state index in [1.54, 1.807) is 25.9 Å². The van der Waals surface area contributed by atoms with Crippen LogP contribution in [0.15, 0.2) is 60.9 Å². The summed E-state index contributed by atoms with van der Waals surface area (Å²) in [4.78, 5) is 46.5. The topological polar surface area (TPSA) is 142 Å². The van der Waals surface area contributed by atoms with Crippen LogP contribution in [-0.4, -0.2) is 68.7 Å². The molecule has 6 aromatic rings. The first-order valence-electron chi connectivity index (χ1n) is 20.0.